The van der Waals surface area contributed by atoms with Crippen molar-refractivity contribution < 1.29 is 4.79 Å². The Hall–Kier alpha value is -2.08. The summed E-state index contributed by atoms with van der Waals surface area (Å²) in [5, 5.41) is 7.96. The molecule has 1 amide bonds. The molecule has 1 aromatic carbocycles. The van der Waals surface area contributed by atoms with Gasteiger partial charge in [0.15, 0.2) is 0 Å². The molecule has 0 aliphatic heterocycles. The van der Waals surface area contributed by atoms with E-state index in [4.69, 9.17) is 0 Å². The Morgan fingerprint density at radius 3 is 3.00 bits per heavy atom. The Labute approximate surface area is 124 Å². The second kappa shape index (κ2) is 5.13. The van der Waals surface area contributed by atoms with Crippen LogP contribution in [0.5, 0.6) is 0 Å². The van der Waals surface area contributed by atoms with Gasteiger partial charge in [-0.3, -0.25) is 9.48 Å². The molecule has 1 N–H and O–H groups in total. The zero-order valence-corrected chi connectivity index (χ0v) is 12.5. The smallest absolute Gasteiger partial charge is 0.244 e. The van der Waals surface area contributed by atoms with Gasteiger partial charge in [-0.25, -0.2) is 0 Å². The second-order valence-corrected chi connectivity index (χ2v) is 5.51. The number of anilines is 1. The molecule has 0 aliphatic carbocycles. The number of aryl methyl sites for hydroxylation is 1. The quantitative estimate of drug-likeness (QED) is 0.801. The topological polar surface area (TPSA) is 51.9 Å². The van der Waals surface area contributed by atoms with Crippen molar-refractivity contribution in [1.29, 1.82) is 0 Å². The number of aromatic nitrogens is 3. The highest BCUT2D eigenvalue weighted by Gasteiger charge is 2.08. The van der Waals surface area contributed by atoms with Crippen LogP contribution in [0.2, 0.25) is 0 Å². The van der Waals surface area contributed by atoms with Crippen LogP contribution in [0.15, 0.2) is 47.3 Å². The largest absolute Gasteiger partial charge is 0.338 e. The maximum Gasteiger partial charge on any atom is 0.244 e. The molecule has 0 unspecified atom stereocenters. The lowest BCUT2D eigenvalue weighted by Gasteiger charge is -2.06. The van der Waals surface area contributed by atoms with Gasteiger partial charge in [0.2, 0.25) is 5.91 Å². The van der Waals surface area contributed by atoms with Crippen LogP contribution in [0.4, 0.5) is 5.69 Å². The molecule has 2 heterocycles. The van der Waals surface area contributed by atoms with Crippen LogP contribution >= 0.6 is 15.9 Å². The van der Waals surface area contributed by atoms with Gasteiger partial charge >= 0.3 is 0 Å². The summed E-state index contributed by atoms with van der Waals surface area (Å²) in [5.41, 5.74) is 1.73. The minimum Gasteiger partial charge on any atom is -0.338 e. The van der Waals surface area contributed by atoms with Crippen LogP contribution < -0.4 is 5.32 Å². The lowest BCUT2D eigenvalue weighted by molar-refractivity contribution is -0.116. The SMILES string of the molecule is Cn1cc(NC(=O)Cn2ccc3ccc(Br)cc32)cn1. The van der Waals surface area contributed by atoms with Crippen LogP contribution in [-0.4, -0.2) is 20.3 Å². The van der Waals surface area contributed by atoms with Crippen LogP contribution in [0, 0.1) is 0 Å². The molecule has 3 rings (SSSR count). The maximum atomic E-state index is 12.0. The van der Waals surface area contributed by atoms with Crippen molar-refractivity contribution in [2.75, 3.05) is 5.32 Å². The van der Waals surface area contributed by atoms with E-state index < -0.39 is 0 Å². The number of amides is 1. The molecular formula is C14H13BrN4O. The molecule has 0 radical (unpaired) electrons. The van der Waals surface area contributed by atoms with Crippen molar-refractivity contribution in [3.8, 4) is 0 Å². The van der Waals surface area contributed by atoms with E-state index in [-0.39, 0.29) is 12.5 Å². The van der Waals surface area contributed by atoms with Gasteiger partial charge in [0.1, 0.15) is 6.54 Å². The predicted molar refractivity (Wildman–Crippen MR) is 81.5 cm³/mol. The molecule has 102 valence electrons. The molecule has 2 aromatic heterocycles. The molecule has 0 saturated heterocycles. The first-order chi connectivity index (χ1) is 9.61. The number of halogens is 1. The van der Waals surface area contributed by atoms with Gasteiger partial charge in [0.25, 0.3) is 0 Å². The molecule has 20 heavy (non-hydrogen) atoms. The molecule has 0 fully saturated rings. The second-order valence-electron chi connectivity index (χ2n) is 4.60. The Morgan fingerprint density at radius 2 is 2.25 bits per heavy atom. The van der Waals surface area contributed by atoms with Gasteiger partial charge in [0.05, 0.1) is 11.9 Å². The Kier molecular flexibility index (Phi) is 3.31. The van der Waals surface area contributed by atoms with Gasteiger partial charge in [-0.05, 0) is 23.6 Å². The number of fused-ring (bicyclic) bond motifs is 1. The summed E-state index contributed by atoms with van der Waals surface area (Å²) in [5.74, 6) is -0.0736. The highest BCUT2D eigenvalue weighted by Crippen LogP contribution is 2.21. The van der Waals surface area contributed by atoms with Crippen molar-refractivity contribution in [2.24, 2.45) is 7.05 Å². The summed E-state index contributed by atoms with van der Waals surface area (Å²) in [6.45, 7) is 0.273. The highest BCUT2D eigenvalue weighted by molar-refractivity contribution is 9.10. The van der Waals surface area contributed by atoms with Crippen molar-refractivity contribution in [3.05, 3.63) is 47.3 Å². The molecule has 5 nitrogen and oxygen atoms in total. The van der Waals surface area contributed by atoms with E-state index in [2.05, 4.69) is 26.3 Å². The van der Waals surface area contributed by atoms with Gasteiger partial charge < -0.3 is 9.88 Å². The number of benzene rings is 1. The van der Waals surface area contributed by atoms with Crippen LogP contribution in [0.1, 0.15) is 0 Å². The fourth-order valence-electron chi connectivity index (χ4n) is 2.14. The number of carbonyl (C=O) groups is 1. The summed E-state index contributed by atoms with van der Waals surface area (Å²) >= 11 is 3.45. The number of hydrogen-bond acceptors (Lipinski definition) is 2. The third kappa shape index (κ3) is 2.60. The fraction of sp³-hybridized carbons (Fsp3) is 0.143. The number of carbonyl (C=O) groups excluding carboxylic acids is 1. The minimum absolute atomic E-state index is 0.0736. The van der Waals surface area contributed by atoms with E-state index >= 15 is 0 Å². The Morgan fingerprint density at radius 1 is 1.40 bits per heavy atom. The predicted octanol–water partition coefficient (Wildman–Crippen LogP) is 2.78. The zero-order valence-electron chi connectivity index (χ0n) is 10.9. The average Bonchev–Trinajstić information content (AvgIpc) is 2.97. The van der Waals surface area contributed by atoms with Gasteiger partial charge in [-0.1, -0.05) is 22.0 Å². The van der Waals surface area contributed by atoms with Crippen molar-refractivity contribution in [3.63, 3.8) is 0 Å². The average molecular weight is 333 g/mol. The van der Waals surface area contributed by atoms with Gasteiger partial charge in [0, 0.05) is 29.4 Å². The summed E-state index contributed by atoms with van der Waals surface area (Å²) < 4.78 is 4.57. The third-order valence-corrected chi connectivity index (χ3v) is 3.53. The number of rotatable bonds is 3. The van der Waals surface area contributed by atoms with Crippen molar-refractivity contribution in [2.45, 2.75) is 6.54 Å². The fourth-order valence-corrected chi connectivity index (χ4v) is 2.48. The first-order valence-electron chi connectivity index (χ1n) is 6.15. The van der Waals surface area contributed by atoms with Crippen molar-refractivity contribution in [1.82, 2.24) is 14.3 Å². The van der Waals surface area contributed by atoms with Crippen LogP contribution in [0.25, 0.3) is 10.9 Å². The lowest BCUT2D eigenvalue weighted by Crippen LogP contribution is -2.17. The highest BCUT2D eigenvalue weighted by atomic mass is 79.9. The van der Waals surface area contributed by atoms with Crippen molar-refractivity contribution >= 4 is 38.4 Å². The molecule has 0 bridgehead atoms. The molecular weight excluding hydrogens is 320 g/mol. The van der Waals surface area contributed by atoms with E-state index in [1.54, 1.807) is 17.1 Å². The summed E-state index contributed by atoms with van der Waals surface area (Å²) in [4.78, 5) is 12.0. The van der Waals surface area contributed by atoms with Gasteiger partial charge in [-0.15, -0.1) is 0 Å². The van der Waals surface area contributed by atoms with E-state index in [0.717, 1.165) is 15.4 Å². The molecule has 0 spiro atoms. The maximum absolute atomic E-state index is 12.0. The Bertz CT molecular complexity index is 774. The van der Waals surface area contributed by atoms with E-state index in [1.807, 2.05) is 42.1 Å². The number of nitrogens with one attached hydrogen (secondary N) is 1. The Balaban J connectivity index is 1.79. The molecule has 0 atom stereocenters. The molecule has 0 saturated carbocycles. The zero-order chi connectivity index (χ0) is 14.1. The molecule has 3 aromatic rings. The van der Waals surface area contributed by atoms with Crippen LogP contribution in [0.3, 0.4) is 0 Å². The van der Waals surface area contributed by atoms with Crippen LogP contribution in [-0.2, 0) is 18.4 Å². The first-order valence-corrected chi connectivity index (χ1v) is 6.94. The molecule has 0 aliphatic rings. The third-order valence-electron chi connectivity index (χ3n) is 3.04. The van der Waals surface area contributed by atoms with E-state index in [1.165, 1.54) is 0 Å². The standard InChI is InChI=1S/C14H13BrN4O/c1-18-8-12(7-16-18)17-14(20)9-19-5-4-10-2-3-11(15)6-13(10)19/h2-8H,9H2,1H3,(H,17,20). The normalized spacial score (nSPS) is 10.9. The monoisotopic (exact) mass is 332 g/mol. The summed E-state index contributed by atoms with van der Waals surface area (Å²) in [7, 11) is 1.81. The number of nitrogens with zero attached hydrogens (tertiary/aromatic N) is 3. The molecule has 6 heteroatoms. The lowest BCUT2D eigenvalue weighted by atomic mass is 10.2. The summed E-state index contributed by atoms with van der Waals surface area (Å²) in [6.07, 6.45) is 5.31. The van der Waals surface area contributed by atoms with Gasteiger partial charge in [-0.2, -0.15) is 5.10 Å². The minimum atomic E-state index is -0.0736. The van der Waals surface area contributed by atoms with E-state index in [9.17, 15) is 4.79 Å². The summed E-state index contributed by atoms with van der Waals surface area (Å²) in [6, 6.07) is 8.02. The first kappa shape index (κ1) is 12.9. The number of hydrogen-bond donors (Lipinski definition) is 1. The van der Waals surface area contributed by atoms with E-state index in [0.29, 0.717) is 5.69 Å².